The second-order valence-corrected chi connectivity index (χ2v) is 1.77. The van der Waals surface area contributed by atoms with Crippen molar-refractivity contribution in [1.82, 2.24) is 0 Å². The number of unbranched alkanes of at least 4 members (excludes halogenated alkanes) is 4. The lowest BCUT2D eigenvalue weighted by atomic mass is 10.2. The fraction of sp³-hybridized carbons (Fsp3) is 0.714. The van der Waals surface area contributed by atoms with Crippen LogP contribution in [0.15, 0.2) is 0 Å². The monoisotopic (exact) mass is 98.1 g/mol. The number of hydrogen-bond donors (Lipinski definition) is 0. The van der Waals surface area contributed by atoms with E-state index in [9.17, 15) is 0 Å². The van der Waals surface area contributed by atoms with Crippen LogP contribution < -0.4 is 0 Å². The summed E-state index contributed by atoms with van der Waals surface area (Å²) in [6.45, 7) is 7.47. The van der Waals surface area contributed by atoms with Crippen molar-refractivity contribution in [2.75, 3.05) is 0 Å². The Morgan fingerprint density at radius 1 is 0.714 bits per heavy atom. The third-order valence-electron chi connectivity index (χ3n) is 1.000. The third kappa shape index (κ3) is 6.00. The van der Waals surface area contributed by atoms with Crippen LogP contribution >= 0.6 is 0 Å². The van der Waals surface area contributed by atoms with E-state index in [1.807, 2.05) is 0 Å². The highest BCUT2D eigenvalue weighted by Crippen LogP contribution is 1.99. The lowest BCUT2D eigenvalue weighted by molar-refractivity contribution is 0.694. The molecule has 0 rings (SSSR count). The van der Waals surface area contributed by atoms with Gasteiger partial charge in [0, 0.05) is 0 Å². The topological polar surface area (TPSA) is 0 Å². The first-order valence-corrected chi connectivity index (χ1v) is 3.00. The van der Waals surface area contributed by atoms with Crippen LogP contribution in [0.5, 0.6) is 0 Å². The standard InChI is InChI=1S/C7H14/c1-3-5-7-6-4-2/h1-7H2. The summed E-state index contributed by atoms with van der Waals surface area (Å²) >= 11 is 0. The Kier molecular flexibility index (Phi) is 6.00. The predicted octanol–water partition coefficient (Wildman–Crippen LogP) is 2.61. The molecule has 0 bridgehead atoms. The first kappa shape index (κ1) is 7.00. The molecule has 0 spiro atoms. The first-order chi connectivity index (χ1) is 3.41. The molecular formula is C7H14. The summed E-state index contributed by atoms with van der Waals surface area (Å²) in [5.74, 6) is 0. The largest absolute Gasteiger partial charge is 0.0533 e. The normalized spacial score (nSPS) is 9.43. The minimum atomic E-state index is 1.08. The molecule has 0 aromatic carbocycles. The molecule has 0 unspecified atom stereocenters. The van der Waals surface area contributed by atoms with Crippen molar-refractivity contribution in [3.05, 3.63) is 13.8 Å². The van der Waals surface area contributed by atoms with Crippen LogP contribution in [-0.2, 0) is 0 Å². The second-order valence-electron chi connectivity index (χ2n) is 1.77. The SMILES string of the molecule is [CH2]CCCCC[CH2]. The summed E-state index contributed by atoms with van der Waals surface area (Å²) in [5.41, 5.74) is 0. The summed E-state index contributed by atoms with van der Waals surface area (Å²) in [7, 11) is 0. The molecule has 42 valence electrons. The van der Waals surface area contributed by atoms with Crippen LogP contribution in [0.4, 0.5) is 0 Å². The minimum Gasteiger partial charge on any atom is -0.0533 e. The third-order valence-corrected chi connectivity index (χ3v) is 1.000. The molecule has 0 heteroatoms. The molecule has 0 aromatic heterocycles. The van der Waals surface area contributed by atoms with E-state index < -0.39 is 0 Å². The van der Waals surface area contributed by atoms with Crippen LogP contribution in [0.25, 0.3) is 0 Å². The quantitative estimate of drug-likeness (QED) is 0.474. The zero-order valence-electron chi connectivity index (χ0n) is 4.95. The minimum absolute atomic E-state index is 1.08. The molecule has 0 aliphatic rings. The van der Waals surface area contributed by atoms with Gasteiger partial charge in [0.15, 0.2) is 0 Å². The van der Waals surface area contributed by atoms with Gasteiger partial charge in [0.1, 0.15) is 0 Å². The summed E-state index contributed by atoms with van der Waals surface area (Å²) in [6.07, 6.45) is 6.03. The maximum absolute atomic E-state index is 3.74. The second kappa shape index (κ2) is 6.00. The molecule has 0 aliphatic carbocycles. The number of rotatable bonds is 4. The van der Waals surface area contributed by atoms with Crippen molar-refractivity contribution < 1.29 is 0 Å². The molecule has 0 heterocycles. The van der Waals surface area contributed by atoms with E-state index in [-0.39, 0.29) is 0 Å². The zero-order chi connectivity index (χ0) is 5.54. The van der Waals surface area contributed by atoms with Crippen molar-refractivity contribution in [1.29, 1.82) is 0 Å². The maximum Gasteiger partial charge on any atom is -0.0533 e. The average molecular weight is 98.2 g/mol. The molecular weight excluding hydrogens is 84.1 g/mol. The van der Waals surface area contributed by atoms with Gasteiger partial charge >= 0.3 is 0 Å². The van der Waals surface area contributed by atoms with Crippen LogP contribution in [0, 0.1) is 13.8 Å². The van der Waals surface area contributed by atoms with Crippen LogP contribution in [0.2, 0.25) is 0 Å². The Bertz CT molecular complexity index is 19.2. The van der Waals surface area contributed by atoms with Gasteiger partial charge in [-0.25, -0.2) is 0 Å². The maximum atomic E-state index is 3.74. The van der Waals surface area contributed by atoms with Crippen LogP contribution in [-0.4, -0.2) is 0 Å². The van der Waals surface area contributed by atoms with Gasteiger partial charge in [0.05, 0.1) is 0 Å². The van der Waals surface area contributed by atoms with E-state index >= 15 is 0 Å². The summed E-state index contributed by atoms with van der Waals surface area (Å²) in [4.78, 5) is 0. The van der Waals surface area contributed by atoms with Crippen LogP contribution in [0.1, 0.15) is 32.1 Å². The van der Waals surface area contributed by atoms with E-state index in [0.29, 0.717) is 0 Å². The van der Waals surface area contributed by atoms with Gasteiger partial charge < -0.3 is 0 Å². The average Bonchev–Trinajstić information content (AvgIpc) is 1.69. The molecule has 0 fully saturated rings. The fourth-order valence-electron chi connectivity index (χ4n) is 0.530. The van der Waals surface area contributed by atoms with E-state index in [0.717, 1.165) is 12.8 Å². The van der Waals surface area contributed by atoms with Gasteiger partial charge in [-0.3, -0.25) is 0 Å². The highest BCUT2D eigenvalue weighted by molar-refractivity contribution is 4.45. The van der Waals surface area contributed by atoms with Gasteiger partial charge in [0.2, 0.25) is 0 Å². The van der Waals surface area contributed by atoms with Crippen molar-refractivity contribution in [2.45, 2.75) is 32.1 Å². The van der Waals surface area contributed by atoms with Crippen molar-refractivity contribution in [2.24, 2.45) is 0 Å². The predicted molar refractivity (Wildman–Crippen MR) is 33.8 cm³/mol. The summed E-state index contributed by atoms with van der Waals surface area (Å²) in [6, 6.07) is 0. The van der Waals surface area contributed by atoms with Crippen LogP contribution in [0.3, 0.4) is 0 Å². The molecule has 0 nitrogen and oxygen atoms in total. The smallest absolute Gasteiger partial charge is 0.0533 e. The lowest BCUT2D eigenvalue weighted by Crippen LogP contribution is -1.71. The molecule has 0 aliphatic heterocycles. The lowest BCUT2D eigenvalue weighted by Gasteiger charge is -1.90. The van der Waals surface area contributed by atoms with Gasteiger partial charge in [-0.2, -0.15) is 0 Å². The van der Waals surface area contributed by atoms with Crippen molar-refractivity contribution >= 4 is 0 Å². The number of hydrogen-bond acceptors (Lipinski definition) is 0. The Hall–Kier alpha value is 0. The van der Waals surface area contributed by atoms with Crippen molar-refractivity contribution in [3.8, 4) is 0 Å². The van der Waals surface area contributed by atoms with E-state index in [1.165, 1.54) is 19.3 Å². The molecule has 7 heavy (non-hydrogen) atoms. The molecule has 0 saturated carbocycles. The van der Waals surface area contributed by atoms with E-state index in [1.54, 1.807) is 0 Å². The van der Waals surface area contributed by atoms with E-state index in [2.05, 4.69) is 13.8 Å². The Balaban J connectivity index is 2.45. The molecule has 2 radical (unpaired) electrons. The Morgan fingerprint density at radius 3 is 1.43 bits per heavy atom. The van der Waals surface area contributed by atoms with Gasteiger partial charge in [-0.05, 0) is 0 Å². The highest BCUT2D eigenvalue weighted by atomic mass is 13.9. The van der Waals surface area contributed by atoms with Crippen molar-refractivity contribution in [3.63, 3.8) is 0 Å². The van der Waals surface area contributed by atoms with E-state index in [4.69, 9.17) is 0 Å². The summed E-state index contributed by atoms with van der Waals surface area (Å²) in [5, 5.41) is 0. The summed E-state index contributed by atoms with van der Waals surface area (Å²) < 4.78 is 0. The molecule has 0 N–H and O–H groups in total. The highest BCUT2D eigenvalue weighted by Gasteiger charge is 1.80. The Labute approximate surface area is 46.9 Å². The molecule has 0 atom stereocenters. The fourth-order valence-corrected chi connectivity index (χ4v) is 0.530. The Morgan fingerprint density at radius 2 is 1.14 bits per heavy atom. The molecule has 0 saturated heterocycles. The van der Waals surface area contributed by atoms with Gasteiger partial charge in [-0.1, -0.05) is 46.0 Å². The first-order valence-electron chi connectivity index (χ1n) is 3.00. The van der Waals surface area contributed by atoms with Gasteiger partial charge in [-0.15, -0.1) is 0 Å². The van der Waals surface area contributed by atoms with Gasteiger partial charge in [0.25, 0.3) is 0 Å². The molecule has 0 amide bonds. The molecule has 0 aromatic rings. The zero-order valence-corrected chi connectivity index (χ0v) is 4.95.